The van der Waals surface area contributed by atoms with Crippen LogP contribution in [0.4, 0.5) is 0 Å². The van der Waals surface area contributed by atoms with E-state index in [2.05, 4.69) is 45.8 Å². The van der Waals surface area contributed by atoms with Crippen LogP contribution < -0.4 is 4.72 Å². The molecular formula is C18H28N4O2S. The number of H-pyrrole nitrogens is 1. The number of nitrogens with zero attached hydrogens (tertiary/aromatic N) is 2. The van der Waals surface area contributed by atoms with Gasteiger partial charge in [-0.2, -0.15) is 5.10 Å². The normalized spacial score (nSPS) is 13.6. The number of hydrogen-bond donors (Lipinski definition) is 2. The third kappa shape index (κ3) is 5.14. The van der Waals surface area contributed by atoms with Crippen molar-refractivity contribution in [3.63, 3.8) is 0 Å². The first-order valence-corrected chi connectivity index (χ1v) is 10.0. The van der Waals surface area contributed by atoms with Gasteiger partial charge in [0.2, 0.25) is 10.0 Å². The predicted octanol–water partition coefficient (Wildman–Crippen LogP) is 2.60. The van der Waals surface area contributed by atoms with Crippen LogP contribution in [-0.4, -0.2) is 42.1 Å². The van der Waals surface area contributed by atoms with Crippen LogP contribution in [-0.2, 0) is 16.6 Å². The quantitative estimate of drug-likeness (QED) is 0.755. The van der Waals surface area contributed by atoms with Crippen molar-refractivity contribution in [2.24, 2.45) is 0 Å². The van der Waals surface area contributed by atoms with Crippen LogP contribution in [0, 0.1) is 13.8 Å². The molecule has 2 aromatic rings. The molecule has 1 aromatic heterocycles. The monoisotopic (exact) mass is 364 g/mol. The molecular weight excluding hydrogens is 336 g/mol. The van der Waals surface area contributed by atoms with Gasteiger partial charge in [0.25, 0.3) is 0 Å². The van der Waals surface area contributed by atoms with Crippen molar-refractivity contribution >= 4 is 10.0 Å². The first-order chi connectivity index (χ1) is 11.7. The summed E-state index contributed by atoms with van der Waals surface area (Å²) in [6.07, 6.45) is 0. The number of rotatable bonds is 8. The second-order valence-electron chi connectivity index (χ2n) is 6.79. The highest BCUT2D eigenvalue weighted by molar-refractivity contribution is 7.89. The third-order valence-electron chi connectivity index (χ3n) is 4.15. The van der Waals surface area contributed by atoms with Crippen molar-refractivity contribution < 1.29 is 8.42 Å². The van der Waals surface area contributed by atoms with Crippen molar-refractivity contribution in [3.8, 4) is 0 Å². The maximum absolute atomic E-state index is 12.7. The number of nitrogens with one attached hydrogen (secondary N) is 2. The molecule has 2 N–H and O–H groups in total. The van der Waals surface area contributed by atoms with E-state index < -0.39 is 10.0 Å². The van der Waals surface area contributed by atoms with Crippen LogP contribution in [0.1, 0.15) is 37.7 Å². The zero-order valence-electron chi connectivity index (χ0n) is 15.6. The molecule has 0 spiro atoms. The van der Waals surface area contributed by atoms with Gasteiger partial charge in [-0.25, -0.2) is 13.1 Å². The lowest BCUT2D eigenvalue weighted by Gasteiger charge is -2.29. The summed E-state index contributed by atoms with van der Waals surface area (Å²) in [5.74, 6) is 0. The summed E-state index contributed by atoms with van der Waals surface area (Å²) in [5.41, 5.74) is 2.26. The number of sulfonamides is 1. The van der Waals surface area contributed by atoms with E-state index in [9.17, 15) is 8.42 Å². The van der Waals surface area contributed by atoms with Gasteiger partial charge in [-0.15, -0.1) is 0 Å². The van der Waals surface area contributed by atoms with Crippen molar-refractivity contribution in [1.29, 1.82) is 0 Å². The molecule has 0 fully saturated rings. The van der Waals surface area contributed by atoms with Crippen LogP contribution in [0.5, 0.6) is 0 Å². The first kappa shape index (κ1) is 19.6. The summed E-state index contributed by atoms with van der Waals surface area (Å²) in [6.45, 7) is 11.0. The standard InChI is InChI=1S/C18H28N4O2S/c1-13(2)22(12-17-9-7-6-8-10-17)11-14(3)21-25(23,24)18-15(4)19-20-16(18)5/h6-10,13-14,21H,11-12H2,1-5H3,(H,19,20). The maximum atomic E-state index is 12.7. The molecule has 1 aromatic carbocycles. The minimum Gasteiger partial charge on any atom is -0.295 e. The Balaban J connectivity index is 2.07. The van der Waals surface area contributed by atoms with Crippen LogP contribution in [0.15, 0.2) is 35.2 Å². The van der Waals surface area contributed by atoms with Crippen LogP contribution >= 0.6 is 0 Å². The lowest BCUT2D eigenvalue weighted by Crippen LogP contribution is -2.44. The summed E-state index contributed by atoms with van der Waals surface area (Å²) < 4.78 is 28.1. The Hall–Kier alpha value is -1.70. The largest absolute Gasteiger partial charge is 0.295 e. The zero-order chi connectivity index (χ0) is 18.6. The average Bonchev–Trinajstić information content (AvgIpc) is 2.86. The molecule has 0 bridgehead atoms. The van der Waals surface area contributed by atoms with Gasteiger partial charge in [-0.1, -0.05) is 30.3 Å². The molecule has 0 aliphatic heterocycles. The molecule has 0 saturated heterocycles. The smallest absolute Gasteiger partial charge is 0.244 e. The summed E-state index contributed by atoms with van der Waals surface area (Å²) in [4.78, 5) is 2.51. The van der Waals surface area contributed by atoms with Gasteiger partial charge >= 0.3 is 0 Å². The summed E-state index contributed by atoms with van der Waals surface area (Å²) in [6, 6.07) is 10.3. The van der Waals surface area contributed by atoms with E-state index in [1.807, 2.05) is 25.1 Å². The van der Waals surface area contributed by atoms with Gasteiger partial charge in [-0.05, 0) is 40.2 Å². The molecule has 7 heteroatoms. The van der Waals surface area contributed by atoms with Gasteiger partial charge in [0.15, 0.2) is 0 Å². The van der Waals surface area contributed by atoms with E-state index in [1.54, 1.807) is 13.8 Å². The fourth-order valence-corrected chi connectivity index (χ4v) is 4.53. The molecule has 1 heterocycles. The Bertz CT molecular complexity index is 765. The SMILES string of the molecule is Cc1n[nH]c(C)c1S(=O)(=O)NC(C)CN(Cc1ccccc1)C(C)C. The zero-order valence-corrected chi connectivity index (χ0v) is 16.4. The molecule has 2 rings (SSSR count). The fourth-order valence-electron chi connectivity index (χ4n) is 2.93. The topological polar surface area (TPSA) is 78.1 Å². The molecule has 0 aliphatic carbocycles. The van der Waals surface area contributed by atoms with Gasteiger partial charge in [0, 0.05) is 25.2 Å². The molecule has 0 radical (unpaired) electrons. The number of benzene rings is 1. The van der Waals surface area contributed by atoms with Gasteiger partial charge < -0.3 is 0 Å². The Labute approximate surface area is 150 Å². The second-order valence-corrected chi connectivity index (χ2v) is 8.45. The molecule has 1 unspecified atom stereocenters. The highest BCUT2D eigenvalue weighted by atomic mass is 32.2. The van der Waals surface area contributed by atoms with E-state index in [-0.39, 0.29) is 10.9 Å². The molecule has 0 saturated carbocycles. The summed E-state index contributed by atoms with van der Waals surface area (Å²) in [5, 5.41) is 6.71. The molecule has 1 atom stereocenters. The molecule has 138 valence electrons. The van der Waals surface area contributed by atoms with Gasteiger partial charge in [0.1, 0.15) is 4.90 Å². The fraction of sp³-hybridized carbons (Fsp3) is 0.500. The molecule has 0 amide bonds. The van der Waals surface area contributed by atoms with E-state index in [4.69, 9.17) is 0 Å². The van der Waals surface area contributed by atoms with E-state index in [0.717, 1.165) is 6.54 Å². The lowest BCUT2D eigenvalue weighted by atomic mass is 10.1. The second kappa shape index (κ2) is 8.12. The van der Waals surface area contributed by atoms with Crippen LogP contribution in [0.2, 0.25) is 0 Å². The van der Waals surface area contributed by atoms with E-state index in [1.165, 1.54) is 5.56 Å². The number of aromatic amines is 1. The number of hydrogen-bond acceptors (Lipinski definition) is 4. The summed E-state index contributed by atoms with van der Waals surface area (Å²) in [7, 11) is -3.59. The predicted molar refractivity (Wildman–Crippen MR) is 99.8 cm³/mol. The highest BCUT2D eigenvalue weighted by Crippen LogP contribution is 2.17. The Morgan fingerprint density at radius 3 is 2.32 bits per heavy atom. The van der Waals surface area contributed by atoms with E-state index in [0.29, 0.717) is 24.0 Å². The lowest BCUT2D eigenvalue weighted by molar-refractivity contribution is 0.199. The average molecular weight is 365 g/mol. The Kier molecular flexibility index (Phi) is 6.37. The van der Waals surface area contributed by atoms with E-state index >= 15 is 0 Å². The van der Waals surface area contributed by atoms with Crippen LogP contribution in [0.3, 0.4) is 0 Å². The van der Waals surface area contributed by atoms with Gasteiger partial charge in [0.05, 0.1) is 11.4 Å². The van der Waals surface area contributed by atoms with Crippen molar-refractivity contribution in [2.45, 2.75) is 58.1 Å². The van der Waals surface area contributed by atoms with Crippen molar-refractivity contribution in [2.75, 3.05) is 6.54 Å². The van der Waals surface area contributed by atoms with Crippen molar-refractivity contribution in [1.82, 2.24) is 19.8 Å². The molecule has 6 nitrogen and oxygen atoms in total. The van der Waals surface area contributed by atoms with Crippen molar-refractivity contribution in [3.05, 3.63) is 47.3 Å². The minimum atomic E-state index is -3.59. The number of aromatic nitrogens is 2. The Morgan fingerprint density at radius 1 is 1.16 bits per heavy atom. The molecule has 0 aliphatic rings. The molecule has 25 heavy (non-hydrogen) atoms. The highest BCUT2D eigenvalue weighted by Gasteiger charge is 2.25. The van der Waals surface area contributed by atoms with Gasteiger partial charge in [-0.3, -0.25) is 10.00 Å². The minimum absolute atomic E-state index is 0.218. The Morgan fingerprint density at radius 2 is 1.80 bits per heavy atom. The maximum Gasteiger partial charge on any atom is 0.244 e. The third-order valence-corrected chi connectivity index (χ3v) is 6.00. The summed E-state index contributed by atoms with van der Waals surface area (Å²) >= 11 is 0. The van der Waals surface area contributed by atoms with Crippen LogP contribution in [0.25, 0.3) is 0 Å². The number of aryl methyl sites for hydroxylation is 2. The first-order valence-electron chi connectivity index (χ1n) is 8.52.